The van der Waals surface area contributed by atoms with Crippen molar-refractivity contribution < 1.29 is 9.18 Å². The minimum Gasteiger partial charge on any atom is -0.325 e. The van der Waals surface area contributed by atoms with E-state index < -0.39 is 5.82 Å². The van der Waals surface area contributed by atoms with Gasteiger partial charge in [0.2, 0.25) is 5.91 Å². The molecule has 0 aliphatic heterocycles. The van der Waals surface area contributed by atoms with Crippen LogP contribution < -0.4 is 10.9 Å². The van der Waals surface area contributed by atoms with Crippen LogP contribution >= 0.6 is 11.8 Å². The number of para-hydroxylation sites is 1. The monoisotopic (exact) mass is 433 g/mol. The summed E-state index contributed by atoms with van der Waals surface area (Å²) in [6.07, 6.45) is 0. The average Bonchev–Trinajstić information content (AvgIpc) is 2.75. The Kier molecular flexibility index (Phi) is 5.86. The minimum atomic E-state index is -0.426. The van der Waals surface area contributed by atoms with Crippen molar-refractivity contribution in [2.24, 2.45) is 0 Å². The number of halogens is 1. The first-order chi connectivity index (χ1) is 14.9. The van der Waals surface area contributed by atoms with Crippen LogP contribution in [-0.2, 0) is 4.79 Å². The summed E-state index contributed by atoms with van der Waals surface area (Å²) in [5, 5.41) is 3.60. The van der Waals surface area contributed by atoms with E-state index in [0.29, 0.717) is 21.7 Å². The van der Waals surface area contributed by atoms with Crippen LogP contribution in [0.3, 0.4) is 0 Å². The van der Waals surface area contributed by atoms with Gasteiger partial charge in [-0.25, -0.2) is 9.37 Å². The highest BCUT2D eigenvalue weighted by atomic mass is 32.2. The summed E-state index contributed by atoms with van der Waals surface area (Å²) in [6, 6.07) is 18.6. The number of thioether (sulfide) groups is 1. The van der Waals surface area contributed by atoms with Crippen molar-refractivity contribution in [2.45, 2.75) is 19.0 Å². The molecule has 0 radical (unpaired) electrons. The first-order valence-electron chi connectivity index (χ1n) is 9.70. The summed E-state index contributed by atoms with van der Waals surface area (Å²) >= 11 is 1.16. The number of benzene rings is 3. The van der Waals surface area contributed by atoms with Gasteiger partial charge in [0, 0.05) is 5.69 Å². The molecule has 31 heavy (non-hydrogen) atoms. The molecule has 5 nitrogen and oxygen atoms in total. The number of hydrogen-bond donors (Lipinski definition) is 1. The molecule has 156 valence electrons. The van der Waals surface area contributed by atoms with Crippen molar-refractivity contribution in [3.05, 3.63) is 94.0 Å². The fourth-order valence-electron chi connectivity index (χ4n) is 3.29. The molecule has 1 aromatic heterocycles. The summed E-state index contributed by atoms with van der Waals surface area (Å²) in [5.74, 6) is -0.720. The van der Waals surface area contributed by atoms with E-state index >= 15 is 0 Å². The average molecular weight is 434 g/mol. The molecule has 7 heteroatoms. The summed E-state index contributed by atoms with van der Waals surface area (Å²) < 4.78 is 14.9. The van der Waals surface area contributed by atoms with Crippen molar-refractivity contribution in [1.82, 2.24) is 9.55 Å². The molecule has 1 heterocycles. The van der Waals surface area contributed by atoms with Gasteiger partial charge in [0.25, 0.3) is 5.56 Å². The highest BCUT2D eigenvalue weighted by Crippen LogP contribution is 2.24. The van der Waals surface area contributed by atoms with E-state index in [1.165, 1.54) is 18.2 Å². The molecule has 0 saturated heterocycles. The second-order valence-corrected chi connectivity index (χ2v) is 8.06. The lowest BCUT2D eigenvalue weighted by Crippen LogP contribution is -2.23. The third-order valence-corrected chi connectivity index (χ3v) is 5.94. The van der Waals surface area contributed by atoms with Gasteiger partial charge in [-0.3, -0.25) is 14.2 Å². The zero-order valence-electron chi connectivity index (χ0n) is 17.1. The first-order valence-corrected chi connectivity index (χ1v) is 10.7. The lowest BCUT2D eigenvalue weighted by Gasteiger charge is -2.16. The number of amides is 1. The molecular formula is C24H20FN3O2S. The highest BCUT2D eigenvalue weighted by Gasteiger charge is 2.16. The van der Waals surface area contributed by atoms with E-state index in [2.05, 4.69) is 10.3 Å². The zero-order valence-corrected chi connectivity index (χ0v) is 17.9. The summed E-state index contributed by atoms with van der Waals surface area (Å²) in [4.78, 5) is 30.5. The van der Waals surface area contributed by atoms with Crippen LogP contribution in [0, 0.1) is 19.7 Å². The molecule has 1 amide bonds. The van der Waals surface area contributed by atoms with Gasteiger partial charge in [0.05, 0.1) is 22.3 Å². The van der Waals surface area contributed by atoms with Crippen molar-refractivity contribution in [2.75, 3.05) is 11.1 Å². The van der Waals surface area contributed by atoms with Crippen LogP contribution in [0.5, 0.6) is 0 Å². The second kappa shape index (κ2) is 8.73. The Hall–Kier alpha value is -3.45. The number of nitrogens with zero attached hydrogens (tertiary/aromatic N) is 2. The Morgan fingerprint density at radius 1 is 1.06 bits per heavy atom. The SMILES string of the molecule is Cc1cccc(-n2c(SCC(=O)Nc3cccc(F)c3)nc3ccccc3c2=O)c1C. The van der Waals surface area contributed by atoms with Crippen molar-refractivity contribution in [1.29, 1.82) is 0 Å². The summed E-state index contributed by atoms with van der Waals surface area (Å²) in [5.41, 5.74) is 3.51. The first kappa shape index (κ1) is 20.8. The molecule has 4 aromatic rings. The maximum atomic E-state index is 13.4. The van der Waals surface area contributed by atoms with Gasteiger partial charge >= 0.3 is 0 Å². The van der Waals surface area contributed by atoms with E-state index in [9.17, 15) is 14.0 Å². The second-order valence-electron chi connectivity index (χ2n) is 7.12. The molecule has 0 unspecified atom stereocenters. The molecule has 0 atom stereocenters. The Balaban J connectivity index is 1.72. The van der Waals surface area contributed by atoms with Gasteiger partial charge in [-0.1, -0.05) is 42.1 Å². The van der Waals surface area contributed by atoms with Crippen LogP contribution in [-0.4, -0.2) is 21.2 Å². The molecule has 0 spiro atoms. The molecule has 1 N–H and O–H groups in total. The molecule has 3 aromatic carbocycles. The molecule has 4 rings (SSSR count). The summed E-state index contributed by atoms with van der Waals surface area (Å²) in [7, 11) is 0. The number of aryl methyl sites for hydroxylation is 1. The lowest BCUT2D eigenvalue weighted by molar-refractivity contribution is -0.113. The number of nitrogens with one attached hydrogen (secondary N) is 1. The number of hydrogen-bond acceptors (Lipinski definition) is 4. The number of anilines is 1. The number of fused-ring (bicyclic) bond motifs is 1. The van der Waals surface area contributed by atoms with Gasteiger partial charge in [-0.15, -0.1) is 0 Å². The maximum absolute atomic E-state index is 13.4. The van der Waals surface area contributed by atoms with Gasteiger partial charge < -0.3 is 5.32 Å². The summed E-state index contributed by atoms with van der Waals surface area (Å²) in [6.45, 7) is 3.94. The molecule has 0 fully saturated rings. The van der Waals surface area contributed by atoms with E-state index in [1.54, 1.807) is 28.8 Å². The predicted molar refractivity (Wildman–Crippen MR) is 123 cm³/mol. The predicted octanol–water partition coefficient (Wildman–Crippen LogP) is 4.87. The highest BCUT2D eigenvalue weighted by molar-refractivity contribution is 7.99. The molecule has 0 bridgehead atoms. The Labute approximate surface area is 182 Å². The Bertz CT molecular complexity index is 1350. The fraction of sp³-hybridized carbons (Fsp3) is 0.125. The van der Waals surface area contributed by atoms with Crippen molar-refractivity contribution in [3.63, 3.8) is 0 Å². The third-order valence-electron chi connectivity index (χ3n) is 5.00. The molecule has 0 aliphatic carbocycles. The fourth-order valence-corrected chi connectivity index (χ4v) is 4.10. The third kappa shape index (κ3) is 4.36. The van der Waals surface area contributed by atoms with Gasteiger partial charge in [0.1, 0.15) is 5.82 Å². The van der Waals surface area contributed by atoms with Crippen LogP contribution in [0.1, 0.15) is 11.1 Å². The maximum Gasteiger partial charge on any atom is 0.266 e. The van der Waals surface area contributed by atoms with Crippen LogP contribution in [0.2, 0.25) is 0 Å². The standard InChI is InChI=1S/C24H20FN3O2S/c1-15-7-5-12-21(16(15)2)28-23(30)19-10-3-4-11-20(19)27-24(28)31-14-22(29)26-18-9-6-8-17(25)13-18/h3-13H,14H2,1-2H3,(H,26,29). The molecule has 0 aliphatic rings. The number of carbonyl (C=O) groups excluding carboxylic acids is 1. The largest absolute Gasteiger partial charge is 0.325 e. The minimum absolute atomic E-state index is 0.0200. The van der Waals surface area contributed by atoms with E-state index in [0.717, 1.165) is 28.6 Å². The number of rotatable bonds is 5. The van der Waals surface area contributed by atoms with Gasteiger partial charge in [-0.05, 0) is 61.4 Å². The quantitative estimate of drug-likeness (QED) is 0.360. The number of aromatic nitrogens is 2. The smallest absolute Gasteiger partial charge is 0.266 e. The van der Waals surface area contributed by atoms with E-state index in [4.69, 9.17) is 0 Å². The molecule has 0 saturated carbocycles. The van der Waals surface area contributed by atoms with Crippen LogP contribution in [0.4, 0.5) is 10.1 Å². The number of carbonyl (C=O) groups is 1. The Morgan fingerprint density at radius 2 is 1.84 bits per heavy atom. The lowest BCUT2D eigenvalue weighted by atomic mass is 10.1. The van der Waals surface area contributed by atoms with E-state index in [-0.39, 0.29) is 17.2 Å². The zero-order chi connectivity index (χ0) is 22.0. The van der Waals surface area contributed by atoms with Gasteiger partial charge in [-0.2, -0.15) is 0 Å². The molecular weight excluding hydrogens is 413 g/mol. The van der Waals surface area contributed by atoms with Crippen LogP contribution in [0.15, 0.2) is 76.7 Å². The van der Waals surface area contributed by atoms with Crippen molar-refractivity contribution >= 4 is 34.3 Å². The van der Waals surface area contributed by atoms with E-state index in [1.807, 2.05) is 38.1 Å². The Morgan fingerprint density at radius 3 is 2.65 bits per heavy atom. The normalized spacial score (nSPS) is 10.9. The topological polar surface area (TPSA) is 64.0 Å². The van der Waals surface area contributed by atoms with Crippen molar-refractivity contribution in [3.8, 4) is 5.69 Å². The van der Waals surface area contributed by atoms with Gasteiger partial charge in [0.15, 0.2) is 5.16 Å². The van der Waals surface area contributed by atoms with Crippen LogP contribution in [0.25, 0.3) is 16.6 Å².